The molecular formula is C24H36F6O3. The highest BCUT2D eigenvalue weighted by atomic mass is 19.4. The first kappa shape index (κ1) is 28.1. The molecule has 0 aromatic heterocycles. The van der Waals surface area contributed by atoms with Gasteiger partial charge in [-0.2, -0.15) is 26.3 Å². The summed E-state index contributed by atoms with van der Waals surface area (Å²) in [5.41, 5.74) is -6.93. The molecule has 2 saturated carbocycles. The summed E-state index contributed by atoms with van der Waals surface area (Å²) in [6, 6.07) is 0. The van der Waals surface area contributed by atoms with Crippen molar-refractivity contribution in [2.24, 2.45) is 22.7 Å². The van der Waals surface area contributed by atoms with E-state index in [-0.39, 0.29) is 35.5 Å². The average molecular weight is 487 g/mol. The van der Waals surface area contributed by atoms with Crippen molar-refractivity contribution in [2.75, 3.05) is 0 Å². The van der Waals surface area contributed by atoms with Crippen molar-refractivity contribution in [3.63, 3.8) is 0 Å². The van der Waals surface area contributed by atoms with Gasteiger partial charge in [0.15, 0.2) is 0 Å². The number of Topliss-reactive ketones (excluding diaryl/α,β-unsaturated/α-hetero) is 1. The molecule has 9 heteroatoms. The Hall–Kier alpha value is -1.09. The number of hydrogen-bond donors (Lipinski definition) is 2. The number of ketones is 1. The zero-order chi connectivity index (χ0) is 25.5. The van der Waals surface area contributed by atoms with E-state index in [9.17, 15) is 41.4 Å². The van der Waals surface area contributed by atoms with E-state index in [1.54, 1.807) is 13.8 Å². The van der Waals surface area contributed by atoms with Crippen molar-refractivity contribution < 1.29 is 41.4 Å². The number of carbonyl (C=O) groups excluding carboxylic acids is 1. The Balaban J connectivity index is 2.36. The molecule has 3 unspecified atom stereocenters. The molecule has 0 spiro atoms. The molecule has 2 aliphatic carbocycles. The topological polar surface area (TPSA) is 57.5 Å². The summed E-state index contributed by atoms with van der Waals surface area (Å²) in [6.45, 7) is 7.15. The SMILES string of the molecule is CC(C)(O)CCCC(C)(C/C=C/C(O)(C(F)(F)F)C(F)(F)F)C1CCC2C(=O)CCC[C@@]21C. The Morgan fingerprint density at radius 1 is 1.00 bits per heavy atom. The van der Waals surface area contributed by atoms with Gasteiger partial charge in [-0.3, -0.25) is 4.79 Å². The van der Waals surface area contributed by atoms with Crippen LogP contribution in [0.15, 0.2) is 12.2 Å². The fraction of sp³-hybridized carbons (Fsp3) is 0.875. The number of rotatable bonds is 8. The van der Waals surface area contributed by atoms with E-state index in [4.69, 9.17) is 0 Å². The van der Waals surface area contributed by atoms with Gasteiger partial charge in [0.25, 0.3) is 5.60 Å². The molecule has 2 rings (SSSR count). The van der Waals surface area contributed by atoms with Crippen LogP contribution in [-0.4, -0.2) is 39.6 Å². The molecule has 2 aliphatic rings. The quantitative estimate of drug-likeness (QED) is 0.303. The monoisotopic (exact) mass is 486 g/mol. The molecular weight excluding hydrogens is 450 g/mol. The van der Waals surface area contributed by atoms with E-state index in [1.165, 1.54) is 0 Å². The average Bonchev–Trinajstić information content (AvgIpc) is 2.97. The Kier molecular flexibility index (Phi) is 7.82. The molecule has 33 heavy (non-hydrogen) atoms. The second-order valence-corrected chi connectivity index (χ2v) is 11.2. The third-order valence-electron chi connectivity index (χ3n) is 8.05. The van der Waals surface area contributed by atoms with Gasteiger partial charge in [-0.15, -0.1) is 0 Å². The summed E-state index contributed by atoms with van der Waals surface area (Å²) < 4.78 is 78.6. The molecule has 192 valence electrons. The minimum Gasteiger partial charge on any atom is -0.390 e. The van der Waals surface area contributed by atoms with Gasteiger partial charge in [0, 0.05) is 12.3 Å². The van der Waals surface area contributed by atoms with Gasteiger partial charge in [0.05, 0.1) is 5.60 Å². The molecule has 0 aromatic carbocycles. The Morgan fingerprint density at radius 2 is 1.58 bits per heavy atom. The molecule has 3 nitrogen and oxygen atoms in total. The van der Waals surface area contributed by atoms with Crippen LogP contribution in [0.3, 0.4) is 0 Å². The third-order valence-corrected chi connectivity index (χ3v) is 8.05. The van der Waals surface area contributed by atoms with Gasteiger partial charge in [-0.25, -0.2) is 0 Å². The summed E-state index contributed by atoms with van der Waals surface area (Å²) >= 11 is 0. The normalized spacial score (nSPS) is 29.4. The first-order valence-corrected chi connectivity index (χ1v) is 11.6. The number of hydrogen-bond acceptors (Lipinski definition) is 3. The lowest BCUT2D eigenvalue weighted by Gasteiger charge is -2.48. The molecule has 2 N–H and O–H groups in total. The summed E-state index contributed by atoms with van der Waals surface area (Å²) in [7, 11) is 0. The van der Waals surface area contributed by atoms with Crippen LogP contribution in [-0.2, 0) is 4.79 Å². The van der Waals surface area contributed by atoms with E-state index in [2.05, 4.69) is 0 Å². The zero-order valence-corrected chi connectivity index (χ0v) is 19.7. The second-order valence-electron chi connectivity index (χ2n) is 11.2. The number of alkyl halides is 6. The molecule has 0 radical (unpaired) electrons. The summed E-state index contributed by atoms with van der Waals surface area (Å²) in [5, 5.41) is 19.6. The number of fused-ring (bicyclic) bond motifs is 1. The van der Waals surface area contributed by atoms with E-state index in [0.717, 1.165) is 18.9 Å². The number of carbonyl (C=O) groups is 1. The van der Waals surface area contributed by atoms with Crippen LogP contribution in [0.25, 0.3) is 0 Å². The van der Waals surface area contributed by atoms with Crippen molar-refractivity contribution in [1.82, 2.24) is 0 Å². The second kappa shape index (κ2) is 9.17. The minimum absolute atomic E-state index is 0.0735. The molecule has 0 amide bonds. The molecule has 0 aromatic rings. The number of aliphatic hydroxyl groups is 2. The number of halogens is 6. The lowest BCUT2D eigenvalue weighted by molar-refractivity contribution is -0.347. The molecule has 2 fully saturated rings. The third kappa shape index (κ3) is 5.77. The smallest absolute Gasteiger partial charge is 0.390 e. The highest BCUT2D eigenvalue weighted by molar-refractivity contribution is 5.83. The van der Waals surface area contributed by atoms with Gasteiger partial charge in [-0.05, 0) is 81.6 Å². The maximum Gasteiger partial charge on any atom is 0.429 e. The van der Waals surface area contributed by atoms with Gasteiger partial charge in [0.2, 0.25) is 0 Å². The van der Waals surface area contributed by atoms with Crippen LogP contribution < -0.4 is 0 Å². The van der Waals surface area contributed by atoms with E-state index < -0.39 is 29.0 Å². The highest BCUT2D eigenvalue weighted by Gasteiger charge is 2.69. The fourth-order valence-electron chi connectivity index (χ4n) is 6.27. The van der Waals surface area contributed by atoms with Crippen molar-refractivity contribution >= 4 is 5.78 Å². The van der Waals surface area contributed by atoms with Crippen LogP contribution in [0, 0.1) is 22.7 Å². The van der Waals surface area contributed by atoms with Gasteiger partial charge in [0.1, 0.15) is 5.78 Å². The van der Waals surface area contributed by atoms with Crippen molar-refractivity contribution in [1.29, 1.82) is 0 Å². The zero-order valence-electron chi connectivity index (χ0n) is 19.7. The fourth-order valence-corrected chi connectivity index (χ4v) is 6.27. The molecule has 0 saturated heterocycles. The maximum absolute atomic E-state index is 13.1. The molecule has 0 aliphatic heterocycles. The van der Waals surface area contributed by atoms with E-state index in [1.807, 2.05) is 13.8 Å². The van der Waals surface area contributed by atoms with E-state index >= 15 is 0 Å². The Bertz CT molecular complexity index is 722. The number of allylic oxidation sites excluding steroid dienone is 1. The molecule has 0 heterocycles. The lowest BCUT2D eigenvalue weighted by atomic mass is 9.56. The summed E-state index contributed by atoms with van der Waals surface area (Å²) in [4.78, 5) is 12.5. The van der Waals surface area contributed by atoms with Crippen molar-refractivity contribution in [3.8, 4) is 0 Å². The Morgan fingerprint density at radius 3 is 2.09 bits per heavy atom. The van der Waals surface area contributed by atoms with Gasteiger partial charge < -0.3 is 10.2 Å². The highest BCUT2D eigenvalue weighted by Crippen LogP contribution is 2.61. The standard InChI is InChI=1S/C24H36F6O3/c1-19(2,32)11-6-12-20(3,13-7-15-22(33,23(25,26)27)24(28,29)30)18-10-9-16-17(31)8-5-14-21(16,18)4/h7,15-16,18,32-33H,5-6,8-14H2,1-4H3/b15-7+/t16?,18?,20?,21-/m0/s1. The van der Waals surface area contributed by atoms with Crippen LogP contribution in [0.4, 0.5) is 26.3 Å². The summed E-state index contributed by atoms with van der Waals surface area (Å²) in [6.07, 6.45) is -6.52. The predicted molar refractivity (Wildman–Crippen MR) is 112 cm³/mol. The van der Waals surface area contributed by atoms with Crippen LogP contribution in [0.2, 0.25) is 0 Å². The van der Waals surface area contributed by atoms with Crippen molar-refractivity contribution in [3.05, 3.63) is 12.2 Å². The van der Waals surface area contributed by atoms with Crippen molar-refractivity contribution in [2.45, 2.75) is 109 Å². The minimum atomic E-state index is -5.90. The maximum atomic E-state index is 13.1. The van der Waals surface area contributed by atoms with E-state index in [0.29, 0.717) is 38.5 Å². The largest absolute Gasteiger partial charge is 0.429 e. The summed E-state index contributed by atoms with van der Waals surface area (Å²) in [5.74, 6) is -0.0316. The lowest BCUT2D eigenvalue weighted by Crippen LogP contribution is -2.55. The first-order valence-electron chi connectivity index (χ1n) is 11.6. The van der Waals surface area contributed by atoms with Crippen LogP contribution in [0.5, 0.6) is 0 Å². The van der Waals surface area contributed by atoms with Gasteiger partial charge >= 0.3 is 12.4 Å². The molecule has 0 bridgehead atoms. The predicted octanol–water partition coefficient (Wildman–Crippen LogP) is 6.52. The Labute approximate surface area is 191 Å². The first-order chi connectivity index (χ1) is 14.8. The van der Waals surface area contributed by atoms with Crippen LogP contribution >= 0.6 is 0 Å². The van der Waals surface area contributed by atoms with Crippen LogP contribution in [0.1, 0.15) is 85.5 Å². The molecule has 4 atom stereocenters. The van der Waals surface area contributed by atoms with Gasteiger partial charge in [-0.1, -0.05) is 26.3 Å².